The molecular weight excluding hydrogens is 394 g/mol. The Morgan fingerprint density at radius 3 is 2.23 bits per heavy atom. The fraction of sp³-hybridized carbons (Fsp3) is 0.458. The van der Waals surface area contributed by atoms with Crippen LogP contribution in [-0.4, -0.2) is 50.4 Å². The first-order valence-corrected chi connectivity index (χ1v) is 11.0. The van der Waals surface area contributed by atoms with Crippen LogP contribution in [0.5, 0.6) is 11.5 Å². The van der Waals surface area contributed by atoms with Crippen molar-refractivity contribution in [2.24, 2.45) is 0 Å². The number of nitrogens with zero attached hydrogens (tertiary/aromatic N) is 2. The van der Waals surface area contributed by atoms with E-state index in [1.165, 1.54) is 5.56 Å². The van der Waals surface area contributed by atoms with Gasteiger partial charge in [0.25, 0.3) is 0 Å². The van der Waals surface area contributed by atoms with Crippen molar-refractivity contribution in [3.8, 4) is 11.5 Å². The molecule has 0 fully saturated rings. The second kappa shape index (κ2) is 12.4. The molecule has 0 aliphatic rings. The summed E-state index contributed by atoms with van der Waals surface area (Å²) in [4.78, 5) is 4.56. The zero-order valence-corrected chi connectivity index (χ0v) is 19.7. The molecule has 2 rings (SSSR count). The lowest BCUT2D eigenvalue weighted by atomic mass is 10.1. The number of aryl methyl sites for hydroxylation is 1. The quantitative estimate of drug-likeness (QED) is 0.415. The van der Waals surface area contributed by atoms with Gasteiger partial charge < -0.3 is 24.6 Å². The van der Waals surface area contributed by atoms with Crippen LogP contribution in [0, 0.1) is 6.92 Å². The van der Waals surface area contributed by atoms with Gasteiger partial charge in [-0.3, -0.25) is 0 Å². The minimum absolute atomic E-state index is 0.644. The fourth-order valence-electron chi connectivity index (χ4n) is 3.30. The lowest BCUT2D eigenvalue weighted by Crippen LogP contribution is -2.40. The predicted octanol–water partition coefficient (Wildman–Crippen LogP) is 4.63. The van der Waals surface area contributed by atoms with Crippen molar-refractivity contribution in [1.29, 1.82) is 0 Å². The second-order valence-corrected chi connectivity index (χ2v) is 7.61. The van der Waals surface area contributed by atoms with Gasteiger partial charge in [-0.15, -0.1) is 0 Å². The SMILES string of the molecule is CCN(CC)CCCNC(=S)N(Cc1ccc(OC)c(OC)c1)c1ccc(C)cc1. The monoisotopic (exact) mass is 429 g/mol. The Bertz CT molecular complexity index is 792. The molecule has 0 saturated heterocycles. The highest BCUT2D eigenvalue weighted by molar-refractivity contribution is 7.80. The number of hydrogen-bond acceptors (Lipinski definition) is 4. The van der Waals surface area contributed by atoms with E-state index in [2.05, 4.69) is 60.2 Å². The number of rotatable bonds is 11. The van der Waals surface area contributed by atoms with Crippen molar-refractivity contribution in [3.05, 3.63) is 53.6 Å². The highest BCUT2D eigenvalue weighted by Crippen LogP contribution is 2.29. The average Bonchev–Trinajstić information content (AvgIpc) is 2.78. The molecule has 0 aliphatic carbocycles. The molecular formula is C24H35N3O2S. The molecule has 0 aliphatic heterocycles. The fourth-order valence-corrected chi connectivity index (χ4v) is 3.57. The maximum absolute atomic E-state index is 5.78. The Kier molecular flexibility index (Phi) is 9.91. The summed E-state index contributed by atoms with van der Waals surface area (Å²) in [6.07, 6.45) is 1.06. The molecule has 5 nitrogen and oxygen atoms in total. The summed E-state index contributed by atoms with van der Waals surface area (Å²) in [6.45, 7) is 11.2. The minimum atomic E-state index is 0.644. The Morgan fingerprint density at radius 1 is 0.967 bits per heavy atom. The highest BCUT2D eigenvalue weighted by atomic mass is 32.1. The van der Waals surface area contributed by atoms with Crippen LogP contribution >= 0.6 is 12.2 Å². The largest absolute Gasteiger partial charge is 0.493 e. The zero-order chi connectivity index (χ0) is 21.9. The first-order chi connectivity index (χ1) is 14.5. The molecule has 0 aromatic heterocycles. The summed E-state index contributed by atoms with van der Waals surface area (Å²) in [6, 6.07) is 14.4. The number of benzene rings is 2. The number of ether oxygens (including phenoxy) is 2. The molecule has 0 atom stereocenters. The third kappa shape index (κ3) is 6.89. The molecule has 0 radical (unpaired) electrons. The van der Waals surface area contributed by atoms with Crippen molar-refractivity contribution < 1.29 is 9.47 Å². The van der Waals surface area contributed by atoms with Gasteiger partial charge in [-0.25, -0.2) is 0 Å². The van der Waals surface area contributed by atoms with Crippen LogP contribution in [0.15, 0.2) is 42.5 Å². The Labute approximate surface area is 187 Å². The molecule has 2 aromatic carbocycles. The summed E-state index contributed by atoms with van der Waals surface area (Å²) in [5.41, 5.74) is 3.39. The number of nitrogens with one attached hydrogen (secondary N) is 1. The molecule has 2 aromatic rings. The highest BCUT2D eigenvalue weighted by Gasteiger charge is 2.14. The van der Waals surface area contributed by atoms with Crippen molar-refractivity contribution in [2.75, 3.05) is 45.3 Å². The second-order valence-electron chi connectivity index (χ2n) is 7.22. The van der Waals surface area contributed by atoms with Gasteiger partial charge in [0.15, 0.2) is 16.6 Å². The summed E-state index contributed by atoms with van der Waals surface area (Å²) >= 11 is 5.78. The van der Waals surface area contributed by atoms with Crippen LogP contribution in [0.2, 0.25) is 0 Å². The first kappa shape index (κ1) is 24.0. The van der Waals surface area contributed by atoms with E-state index in [0.717, 1.165) is 60.5 Å². The molecule has 1 N–H and O–H groups in total. The molecule has 0 saturated carbocycles. The van der Waals surface area contributed by atoms with Crippen LogP contribution in [0.1, 0.15) is 31.4 Å². The molecule has 0 bridgehead atoms. The van der Waals surface area contributed by atoms with Crippen molar-refractivity contribution in [3.63, 3.8) is 0 Å². The maximum atomic E-state index is 5.78. The average molecular weight is 430 g/mol. The summed E-state index contributed by atoms with van der Waals surface area (Å²) in [5.74, 6) is 1.44. The molecule has 0 heterocycles. The topological polar surface area (TPSA) is 37.0 Å². The van der Waals surface area contributed by atoms with Crippen LogP contribution in [0.25, 0.3) is 0 Å². The van der Waals surface area contributed by atoms with Gasteiger partial charge in [-0.2, -0.15) is 0 Å². The van der Waals surface area contributed by atoms with Crippen LogP contribution in [0.3, 0.4) is 0 Å². The van der Waals surface area contributed by atoms with Gasteiger partial charge in [0.05, 0.1) is 20.8 Å². The van der Waals surface area contributed by atoms with Crippen LogP contribution < -0.4 is 19.7 Å². The Morgan fingerprint density at radius 2 is 1.63 bits per heavy atom. The van der Waals surface area contributed by atoms with Gasteiger partial charge in [-0.05, 0) is 75.0 Å². The first-order valence-electron chi connectivity index (χ1n) is 10.6. The van der Waals surface area contributed by atoms with E-state index in [1.54, 1.807) is 14.2 Å². The van der Waals surface area contributed by atoms with E-state index in [0.29, 0.717) is 6.54 Å². The molecule has 164 valence electrons. The number of anilines is 1. The van der Waals surface area contributed by atoms with Gasteiger partial charge in [-0.1, -0.05) is 37.6 Å². The molecule has 6 heteroatoms. The molecule has 0 spiro atoms. The lowest BCUT2D eigenvalue weighted by molar-refractivity contribution is 0.300. The van der Waals surface area contributed by atoms with Gasteiger partial charge in [0.2, 0.25) is 0 Å². The predicted molar refractivity (Wildman–Crippen MR) is 130 cm³/mol. The smallest absolute Gasteiger partial charge is 0.173 e. The van der Waals surface area contributed by atoms with Crippen LogP contribution in [-0.2, 0) is 6.54 Å². The van der Waals surface area contributed by atoms with E-state index >= 15 is 0 Å². The zero-order valence-electron chi connectivity index (χ0n) is 18.9. The van der Waals surface area contributed by atoms with Gasteiger partial charge in [0.1, 0.15) is 0 Å². The molecule has 0 unspecified atom stereocenters. The van der Waals surface area contributed by atoms with Crippen molar-refractivity contribution >= 4 is 23.0 Å². The minimum Gasteiger partial charge on any atom is -0.493 e. The number of thiocarbonyl (C=S) groups is 1. The van der Waals surface area contributed by atoms with E-state index in [9.17, 15) is 0 Å². The number of hydrogen-bond donors (Lipinski definition) is 1. The van der Waals surface area contributed by atoms with Gasteiger partial charge in [0, 0.05) is 12.2 Å². The third-order valence-corrected chi connectivity index (χ3v) is 5.57. The lowest BCUT2D eigenvalue weighted by Gasteiger charge is -2.27. The van der Waals surface area contributed by atoms with Crippen molar-refractivity contribution in [1.82, 2.24) is 10.2 Å². The standard InChI is InChI=1S/C24H35N3O2S/c1-6-26(7-2)16-8-15-25-24(30)27(21-12-9-19(3)10-13-21)18-20-11-14-22(28-4)23(17-20)29-5/h9-14,17H,6-8,15-16,18H2,1-5H3,(H,25,30). The number of methoxy groups -OCH3 is 2. The van der Waals surface area contributed by atoms with Crippen LogP contribution in [0.4, 0.5) is 5.69 Å². The maximum Gasteiger partial charge on any atom is 0.173 e. The summed E-state index contributed by atoms with van der Waals surface area (Å²) in [5, 5.41) is 4.18. The molecule has 0 amide bonds. The third-order valence-electron chi connectivity index (χ3n) is 5.20. The summed E-state index contributed by atoms with van der Waals surface area (Å²) < 4.78 is 10.8. The molecule has 30 heavy (non-hydrogen) atoms. The Hall–Kier alpha value is -2.31. The van der Waals surface area contributed by atoms with E-state index in [4.69, 9.17) is 21.7 Å². The van der Waals surface area contributed by atoms with E-state index in [1.807, 2.05) is 18.2 Å². The summed E-state index contributed by atoms with van der Waals surface area (Å²) in [7, 11) is 3.30. The van der Waals surface area contributed by atoms with E-state index in [-0.39, 0.29) is 0 Å². The normalized spacial score (nSPS) is 10.7. The van der Waals surface area contributed by atoms with Gasteiger partial charge >= 0.3 is 0 Å². The Balaban J connectivity index is 2.13. The van der Waals surface area contributed by atoms with Crippen molar-refractivity contribution in [2.45, 2.75) is 33.7 Å². The van der Waals surface area contributed by atoms with E-state index < -0.39 is 0 Å².